The van der Waals surface area contributed by atoms with Crippen LogP contribution in [0.1, 0.15) is 19.1 Å². The van der Waals surface area contributed by atoms with Crippen LogP contribution in [0.5, 0.6) is 0 Å². The van der Waals surface area contributed by atoms with Crippen LogP contribution in [-0.2, 0) is 11.3 Å². The molecule has 0 amide bonds. The minimum Gasteiger partial charge on any atom is -0.468 e. The molecule has 0 saturated heterocycles. The van der Waals surface area contributed by atoms with Gasteiger partial charge in [0.25, 0.3) is 0 Å². The standard InChI is InChI=1S/C12H22N2O2/c1-4-12(9-13,10-15-3)14(2)8-11-6-5-7-16-11/h5-7H,4,8-10,13H2,1-3H3. The minimum atomic E-state index is -0.110. The highest BCUT2D eigenvalue weighted by molar-refractivity contribution is 5.00. The van der Waals surface area contributed by atoms with E-state index in [4.69, 9.17) is 14.9 Å². The number of hydrogen-bond acceptors (Lipinski definition) is 4. The molecule has 0 radical (unpaired) electrons. The van der Waals surface area contributed by atoms with Crippen LogP contribution >= 0.6 is 0 Å². The summed E-state index contributed by atoms with van der Waals surface area (Å²) in [6.45, 7) is 4.09. The van der Waals surface area contributed by atoms with Crippen LogP contribution in [0.2, 0.25) is 0 Å². The monoisotopic (exact) mass is 226 g/mol. The van der Waals surface area contributed by atoms with E-state index in [-0.39, 0.29) is 5.54 Å². The van der Waals surface area contributed by atoms with E-state index >= 15 is 0 Å². The van der Waals surface area contributed by atoms with Gasteiger partial charge in [-0.3, -0.25) is 4.90 Å². The van der Waals surface area contributed by atoms with E-state index in [2.05, 4.69) is 18.9 Å². The zero-order valence-corrected chi connectivity index (χ0v) is 10.4. The van der Waals surface area contributed by atoms with Crippen LogP contribution in [-0.4, -0.2) is 37.7 Å². The lowest BCUT2D eigenvalue weighted by atomic mass is 9.95. The van der Waals surface area contributed by atoms with E-state index < -0.39 is 0 Å². The molecule has 1 unspecified atom stereocenters. The predicted octanol–water partition coefficient (Wildman–Crippen LogP) is 1.47. The van der Waals surface area contributed by atoms with Gasteiger partial charge in [0.15, 0.2) is 0 Å². The number of ether oxygens (including phenoxy) is 1. The highest BCUT2D eigenvalue weighted by Crippen LogP contribution is 2.20. The zero-order valence-electron chi connectivity index (χ0n) is 10.4. The summed E-state index contributed by atoms with van der Waals surface area (Å²) in [6.07, 6.45) is 2.64. The van der Waals surface area contributed by atoms with Crippen molar-refractivity contribution in [3.8, 4) is 0 Å². The molecule has 0 fully saturated rings. The van der Waals surface area contributed by atoms with Gasteiger partial charge in [0.2, 0.25) is 0 Å². The second kappa shape index (κ2) is 6.03. The molecule has 0 spiro atoms. The van der Waals surface area contributed by atoms with E-state index in [1.165, 1.54) is 0 Å². The molecule has 1 rings (SSSR count). The Morgan fingerprint density at radius 1 is 1.56 bits per heavy atom. The van der Waals surface area contributed by atoms with Crippen LogP contribution in [0, 0.1) is 0 Å². The highest BCUT2D eigenvalue weighted by Gasteiger charge is 2.31. The molecule has 1 heterocycles. The molecule has 92 valence electrons. The van der Waals surface area contributed by atoms with Gasteiger partial charge >= 0.3 is 0 Å². The first-order valence-electron chi connectivity index (χ1n) is 5.61. The van der Waals surface area contributed by atoms with Gasteiger partial charge in [0, 0.05) is 13.7 Å². The molecule has 4 nitrogen and oxygen atoms in total. The lowest BCUT2D eigenvalue weighted by Gasteiger charge is -2.39. The Labute approximate surface area is 97.4 Å². The summed E-state index contributed by atoms with van der Waals surface area (Å²) >= 11 is 0. The molecule has 0 aliphatic rings. The molecule has 4 heteroatoms. The van der Waals surface area contributed by atoms with E-state index in [0.29, 0.717) is 13.2 Å². The number of nitrogens with zero attached hydrogens (tertiary/aromatic N) is 1. The SMILES string of the molecule is CCC(CN)(COC)N(C)Cc1ccco1. The van der Waals surface area contributed by atoms with Crippen molar-refractivity contribution in [1.82, 2.24) is 4.90 Å². The summed E-state index contributed by atoms with van der Waals surface area (Å²) in [5, 5.41) is 0. The van der Waals surface area contributed by atoms with Gasteiger partial charge in [-0.1, -0.05) is 6.92 Å². The van der Waals surface area contributed by atoms with E-state index in [0.717, 1.165) is 18.7 Å². The molecule has 1 atom stereocenters. The molecule has 2 N–H and O–H groups in total. The Balaban J connectivity index is 2.70. The van der Waals surface area contributed by atoms with E-state index in [1.807, 2.05) is 12.1 Å². The van der Waals surface area contributed by atoms with Gasteiger partial charge in [-0.15, -0.1) is 0 Å². The van der Waals surface area contributed by atoms with Gasteiger partial charge in [0.05, 0.1) is 25.0 Å². The lowest BCUT2D eigenvalue weighted by molar-refractivity contribution is 0.0200. The molecule has 1 aromatic heterocycles. The van der Waals surface area contributed by atoms with Gasteiger partial charge in [0.1, 0.15) is 5.76 Å². The molecule has 0 bridgehead atoms. The van der Waals surface area contributed by atoms with E-state index in [9.17, 15) is 0 Å². The largest absolute Gasteiger partial charge is 0.468 e. The summed E-state index contributed by atoms with van der Waals surface area (Å²) in [4.78, 5) is 2.20. The Kier molecular flexibility index (Phi) is 4.99. The molecular formula is C12H22N2O2. The van der Waals surface area contributed by atoms with Gasteiger partial charge < -0.3 is 14.9 Å². The molecule has 0 saturated carbocycles. The van der Waals surface area contributed by atoms with Crippen molar-refractivity contribution in [3.63, 3.8) is 0 Å². The average molecular weight is 226 g/mol. The van der Waals surface area contributed by atoms with Crippen molar-refractivity contribution in [2.75, 3.05) is 27.3 Å². The quantitative estimate of drug-likeness (QED) is 0.765. The van der Waals surface area contributed by atoms with Gasteiger partial charge in [-0.25, -0.2) is 0 Å². The minimum absolute atomic E-state index is 0.110. The smallest absolute Gasteiger partial charge is 0.117 e. The second-order valence-electron chi connectivity index (χ2n) is 4.15. The maximum Gasteiger partial charge on any atom is 0.117 e. The van der Waals surface area contributed by atoms with Crippen molar-refractivity contribution in [1.29, 1.82) is 0 Å². The van der Waals surface area contributed by atoms with Crippen molar-refractivity contribution in [3.05, 3.63) is 24.2 Å². The van der Waals surface area contributed by atoms with Gasteiger partial charge in [-0.2, -0.15) is 0 Å². The van der Waals surface area contributed by atoms with Crippen molar-refractivity contribution in [2.24, 2.45) is 5.73 Å². The summed E-state index contributed by atoms with van der Waals surface area (Å²) in [6, 6.07) is 3.87. The van der Waals surface area contributed by atoms with Crippen molar-refractivity contribution >= 4 is 0 Å². The first-order chi connectivity index (χ1) is 7.68. The van der Waals surface area contributed by atoms with Crippen molar-refractivity contribution < 1.29 is 9.15 Å². The fraction of sp³-hybridized carbons (Fsp3) is 0.667. The van der Waals surface area contributed by atoms with Gasteiger partial charge in [-0.05, 0) is 25.6 Å². The fourth-order valence-electron chi connectivity index (χ4n) is 1.91. The van der Waals surface area contributed by atoms with E-state index in [1.54, 1.807) is 13.4 Å². The third-order valence-corrected chi connectivity index (χ3v) is 3.23. The fourth-order valence-corrected chi connectivity index (χ4v) is 1.91. The number of methoxy groups -OCH3 is 1. The Morgan fingerprint density at radius 2 is 2.31 bits per heavy atom. The average Bonchev–Trinajstić information content (AvgIpc) is 2.78. The summed E-state index contributed by atoms with van der Waals surface area (Å²) in [5.41, 5.74) is 5.77. The summed E-state index contributed by atoms with van der Waals surface area (Å²) in [7, 11) is 3.76. The molecule has 16 heavy (non-hydrogen) atoms. The third-order valence-electron chi connectivity index (χ3n) is 3.23. The number of hydrogen-bond donors (Lipinski definition) is 1. The normalized spacial score (nSPS) is 15.3. The Morgan fingerprint density at radius 3 is 2.75 bits per heavy atom. The predicted molar refractivity (Wildman–Crippen MR) is 64.1 cm³/mol. The first-order valence-corrected chi connectivity index (χ1v) is 5.61. The third kappa shape index (κ3) is 2.84. The number of furan rings is 1. The molecule has 0 aromatic carbocycles. The molecule has 0 aliphatic heterocycles. The number of likely N-dealkylation sites (N-methyl/N-ethyl adjacent to an activating group) is 1. The highest BCUT2D eigenvalue weighted by atomic mass is 16.5. The topological polar surface area (TPSA) is 51.6 Å². The molecule has 1 aromatic rings. The number of rotatable bonds is 7. The van der Waals surface area contributed by atoms with Crippen LogP contribution < -0.4 is 5.73 Å². The van der Waals surface area contributed by atoms with Crippen LogP contribution in [0.4, 0.5) is 0 Å². The second-order valence-corrected chi connectivity index (χ2v) is 4.15. The van der Waals surface area contributed by atoms with Crippen LogP contribution in [0.25, 0.3) is 0 Å². The zero-order chi connectivity index (χ0) is 12.0. The van der Waals surface area contributed by atoms with Crippen LogP contribution in [0.15, 0.2) is 22.8 Å². The maximum absolute atomic E-state index is 5.88. The Hall–Kier alpha value is -0.840. The summed E-state index contributed by atoms with van der Waals surface area (Å²) < 4.78 is 10.6. The Bertz CT molecular complexity index is 281. The van der Waals surface area contributed by atoms with Crippen molar-refractivity contribution in [2.45, 2.75) is 25.4 Å². The molecular weight excluding hydrogens is 204 g/mol. The first kappa shape index (κ1) is 13.2. The number of nitrogens with two attached hydrogens (primary N) is 1. The maximum atomic E-state index is 5.88. The lowest BCUT2D eigenvalue weighted by Crippen LogP contribution is -2.54. The molecule has 0 aliphatic carbocycles. The summed E-state index contributed by atoms with van der Waals surface area (Å²) in [5.74, 6) is 0.949. The van der Waals surface area contributed by atoms with Crippen LogP contribution in [0.3, 0.4) is 0 Å².